The number of carbonyl (C=O) groups is 1. The van der Waals surface area contributed by atoms with E-state index < -0.39 is 5.60 Å². The molecule has 0 bridgehead atoms. The molecule has 5 heteroatoms. The Kier molecular flexibility index (Phi) is 4.56. The van der Waals surface area contributed by atoms with E-state index in [9.17, 15) is 4.79 Å². The Labute approximate surface area is 97.3 Å². The molecule has 1 amide bonds. The monoisotopic (exact) mass is 229 g/mol. The van der Waals surface area contributed by atoms with Gasteiger partial charge < -0.3 is 10.1 Å². The highest BCUT2D eigenvalue weighted by Crippen LogP contribution is 2.14. The van der Waals surface area contributed by atoms with Gasteiger partial charge in [0.05, 0.1) is 0 Å². The average molecular weight is 229 g/mol. The third-order valence-electron chi connectivity index (χ3n) is 2.58. The number of nitrogens with two attached hydrogens (primary N) is 1. The Hall–Kier alpha value is -0.810. The third kappa shape index (κ3) is 5.32. The minimum atomic E-state index is -0.426. The fraction of sp³-hybridized carbons (Fsp3) is 0.909. The average Bonchev–Trinajstić information content (AvgIpc) is 2.14. The molecule has 1 saturated heterocycles. The van der Waals surface area contributed by atoms with Crippen molar-refractivity contribution in [1.29, 1.82) is 0 Å². The summed E-state index contributed by atoms with van der Waals surface area (Å²) < 4.78 is 5.16. The van der Waals surface area contributed by atoms with Gasteiger partial charge in [-0.2, -0.15) is 0 Å². The molecule has 1 aliphatic heterocycles. The first-order valence-corrected chi connectivity index (χ1v) is 5.83. The first-order chi connectivity index (χ1) is 7.37. The lowest BCUT2D eigenvalue weighted by Crippen LogP contribution is -2.42. The van der Waals surface area contributed by atoms with Crippen LogP contribution in [0.5, 0.6) is 0 Å². The quantitative estimate of drug-likeness (QED) is 0.696. The van der Waals surface area contributed by atoms with Gasteiger partial charge >= 0.3 is 6.09 Å². The zero-order valence-corrected chi connectivity index (χ0v) is 10.5. The van der Waals surface area contributed by atoms with E-state index in [-0.39, 0.29) is 6.09 Å². The molecule has 1 fully saturated rings. The van der Waals surface area contributed by atoms with Crippen LogP contribution >= 0.6 is 0 Å². The molecule has 0 unspecified atom stereocenters. The minimum absolute atomic E-state index is 0.331. The predicted octanol–water partition coefficient (Wildman–Crippen LogP) is 1.10. The second kappa shape index (κ2) is 5.50. The van der Waals surface area contributed by atoms with Crippen molar-refractivity contribution in [3.8, 4) is 0 Å². The normalized spacial score (nSPS) is 19.5. The van der Waals surface area contributed by atoms with Crippen LogP contribution in [0.4, 0.5) is 4.79 Å². The number of hydrogen-bond donors (Lipinski definition) is 2. The number of hydrazine groups is 1. The molecule has 94 valence electrons. The fourth-order valence-corrected chi connectivity index (χ4v) is 1.70. The number of piperidine rings is 1. The van der Waals surface area contributed by atoms with Gasteiger partial charge in [0.25, 0.3) is 0 Å². The van der Waals surface area contributed by atoms with Crippen molar-refractivity contribution in [2.24, 2.45) is 11.8 Å². The number of alkyl carbamates (subject to hydrolysis) is 1. The van der Waals surface area contributed by atoms with Crippen LogP contribution in [0.15, 0.2) is 0 Å². The number of nitrogens with zero attached hydrogens (tertiary/aromatic N) is 1. The largest absolute Gasteiger partial charge is 0.444 e. The Bertz CT molecular complexity index is 230. The van der Waals surface area contributed by atoms with E-state index in [1.807, 2.05) is 25.8 Å². The van der Waals surface area contributed by atoms with Crippen LogP contribution in [0.3, 0.4) is 0 Å². The second-order valence-electron chi connectivity index (χ2n) is 5.36. The summed E-state index contributed by atoms with van der Waals surface area (Å²) in [6.45, 7) is 8.07. The van der Waals surface area contributed by atoms with Gasteiger partial charge in [-0.1, -0.05) is 0 Å². The maximum atomic E-state index is 11.4. The fourth-order valence-electron chi connectivity index (χ4n) is 1.70. The number of amides is 1. The van der Waals surface area contributed by atoms with Crippen LogP contribution in [0, 0.1) is 5.92 Å². The molecule has 0 aromatic rings. The zero-order valence-electron chi connectivity index (χ0n) is 10.5. The SMILES string of the molecule is CC(C)(C)OC(=O)NCC1CCN(N)CC1. The maximum Gasteiger partial charge on any atom is 0.407 e. The predicted molar refractivity (Wildman–Crippen MR) is 62.7 cm³/mol. The molecule has 3 N–H and O–H groups in total. The molecule has 0 saturated carbocycles. The number of ether oxygens (including phenoxy) is 1. The minimum Gasteiger partial charge on any atom is -0.444 e. The molecule has 1 rings (SSSR count). The van der Waals surface area contributed by atoms with Crippen molar-refractivity contribution >= 4 is 6.09 Å². The summed E-state index contributed by atoms with van der Waals surface area (Å²) in [5.74, 6) is 6.18. The summed E-state index contributed by atoms with van der Waals surface area (Å²) in [4.78, 5) is 11.4. The van der Waals surface area contributed by atoms with Crippen molar-refractivity contribution in [2.45, 2.75) is 39.2 Å². The Balaban J connectivity index is 2.17. The van der Waals surface area contributed by atoms with Gasteiger partial charge in [0.1, 0.15) is 5.60 Å². The molecule has 1 heterocycles. The van der Waals surface area contributed by atoms with Crippen LogP contribution < -0.4 is 11.2 Å². The van der Waals surface area contributed by atoms with Gasteiger partial charge in [-0.15, -0.1) is 0 Å². The van der Waals surface area contributed by atoms with E-state index >= 15 is 0 Å². The van der Waals surface area contributed by atoms with Crippen LogP contribution in [-0.4, -0.2) is 36.3 Å². The van der Waals surface area contributed by atoms with Gasteiger partial charge in [0.2, 0.25) is 0 Å². The summed E-state index contributed by atoms with van der Waals surface area (Å²) in [6, 6.07) is 0. The van der Waals surface area contributed by atoms with Crippen molar-refractivity contribution in [3.05, 3.63) is 0 Å². The summed E-state index contributed by atoms with van der Waals surface area (Å²) in [7, 11) is 0. The maximum absolute atomic E-state index is 11.4. The summed E-state index contributed by atoms with van der Waals surface area (Å²) >= 11 is 0. The molecule has 0 aromatic heterocycles. The molecule has 0 radical (unpaired) electrons. The smallest absolute Gasteiger partial charge is 0.407 e. The highest BCUT2D eigenvalue weighted by molar-refractivity contribution is 5.67. The van der Waals surface area contributed by atoms with Crippen LogP contribution in [0.2, 0.25) is 0 Å². The van der Waals surface area contributed by atoms with E-state index in [0.717, 1.165) is 25.9 Å². The number of hydrogen-bond acceptors (Lipinski definition) is 4. The van der Waals surface area contributed by atoms with E-state index in [1.54, 1.807) is 0 Å². The highest BCUT2D eigenvalue weighted by Gasteiger charge is 2.20. The summed E-state index contributed by atoms with van der Waals surface area (Å²) in [5.41, 5.74) is -0.426. The van der Waals surface area contributed by atoms with E-state index in [2.05, 4.69) is 5.32 Å². The van der Waals surface area contributed by atoms with Gasteiger partial charge in [-0.3, -0.25) is 5.84 Å². The van der Waals surface area contributed by atoms with Gasteiger partial charge in [0, 0.05) is 19.6 Å². The Morgan fingerprint density at radius 2 is 2.00 bits per heavy atom. The first-order valence-electron chi connectivity index (χ1n) is 5.83. The van der Waals surface area contributed by atoms with Crippen LogP contribution in [0.25, 0.3) is 0 Å². The summed E-state index contributed by atoms with van der Waals surface area (Å²) in [5, 5.41) is 4.63. The molecule has 0 atom stereocenters. The van der Waals surface area contributed by atoms with Crippen molar-refractivity contribution in [1.82, 2.24) is 10.3 Å². The van der Waals surface area contributed by atoms with Crippen molar-refractivity contribution in [2.75, 3.05) is 19.6 Å². The van der Waals surface area contributed by atoms with Crippen molar-refractivity contribution in [3.63, 3.8) is 0 Å². The molecule has 16 heavy (non-hydrogen) atoms. The molecule has 0 aliphatic carbocycles. The number of carbonyl (C=O) groups excluding carboxylic acids is 1. The lowest BCUT2D eigenvalue weighted by atomic mass is 9.98. The molecule has 0 spiro atoms. The van der Waals surface area contributed by atoms with Gasteiger partial charge in [-0.25, -0.2) is 9.80 Å². The van der Waals surface area contributed by atoms with E-state index in [1.165, 1.54) is 0 Å². The van der Waals surface area contributed by atoms with E-state index in [0.29, 0.717) is 12.5 Å². The van der Waals surface area contributed by atoms with Crippen LogP contribution in [-0.2, 0) is 4.74 Å². The van der Waals surface area contributed by atoms with E-state index in [4.69, 9.17) is 10.6 Å². The molecule has 0 aromatic carbocycles. The standard InChI is InChI=1S/C11H23N3O2/c1-11(2,3)16-10(15)13-8-9-4-6-14(12)7-5-9/h9H,4-8,12H2,1-3H3,(H,13,15). The lowest BCUT2D eigenvalue weighted by Gasteiger charge is -2.28. The molecule has 1 aliphatic rings. The topological polar surface area (TPSA) is 67.6 Å². The number of rotatable bonds is 2. The third-order valence-corrected chi connectivity index (χ3v) is 2.58. The molecule has 5 nitrogen and oxygen atoms in total. The summed E-state index contributed by atoms with van der Waals surface area (Å²) in [6.07, 6.45) is 1.74. The number of nitrogens with one attached hydrogen (secondary N) is 1. The van der Waals surface area contributed by atoms with Gasteiger partial charge in [-0.05, 0) is 39.5 Å². The zero-order chi connectivity index (χ0) is 12.2. The second-order valence-corrected chi connectivity index (χ2v) is 5.36. The molecular formula is C11H23N3O2. The molecular weight excluding hydrogens is 206 g/mol. The highest BCUT2D eigenvalue weighted by atomic mass is 16.6. The first kappa shape index (κ1) is 13.3. The van der Waals surface area contributed by atoms with Gasteiger partial charge in [0.15, 0.2) is 0 Å². The lowest BCUT2D eigenvalue weighted by molar-refractivity contribution is 0.0510. The van der Waals surface area contributed by atoms with Crippen molar-refractivity contribution < 1.29 is 9.53 Å². The Morgan fingerprint density at radius 1 is 1.44 bits per heavy atom. The van der Waals surface area contributed by atoms with Crippen LogP contribution in [0.1, 0.15) is 33.6 Å². The Morgan fingerprint density at radius 3 is 2.50 bits per heavy atom.